The second-order valence-corrected chi connectivity index (χ2v) is 7.77. The highest BCUT2D eigenvalue weighted by molar-refractivity contribution is 7.15. The molecule has 0 radical (unpaired) electrons. The normalized spacial score (nSPS) is 22.1. The molecule has 2 fully saturated rings. The lowest BCUT2D eigenvalue weighted by atomic mass is 9.97. The molecular weight excluding hydrogens is 409 g/mol. The van der Waals surface area contributed by atoms with Crippen molar-refractivity contribution >= 4 is 52.8 Å². The number of imidazole rings is 1. The largest absolute Gasteiger partial charge is 0.354 e. The molecule has 4 heterocycles. The van der Waals surface area contributed by atoms with Crippen molar-refractivity contribution in [1.29, 1.82) is 0 Å². The molecule has 2 saturated heterocycles. The lowest BCUT2D eigenvalue weighted by molar-refractivity contribution is -0.123. The molecule has 0 aromatic carbocycles. The van der Waals surface area contributed by atoms with Crippen LogP contribution in [0, 0.1) is 5.92 Å². The number of hydrogen-bond acceptors (Lipinski definition) is 5. The number of thiazole rings is 1. The number of carbonyl (C=O) groups excluding carboxylic acids is 2. The van der Waals surface area contributed by atoms with E-state index in [9.17, 15) is 9.59 Å². The van der Waals surface area contributed by atoms with Crippen LogP contribution in [-0.4, -0.2) is 58.3 Å². The van der Waals surface area contributed by atoms with E-state index in [0.717, 1.165) is 43.6 Å². The van der Waals surface area contributed by atoms with Crippen molar-refractivity contribution in [3.8, 4) is 0 Å². The quantitative estimate of drug-likeness (QED) is 0.771. The van der Waals surface area contributed by atoms with Crippen LogP contribution in [0.1, 0.15) is 36.2 Å². The van der Waals surface area contributed by atoms with Gasteiger partial charge in [-0.3, -0.25) is 14.0 Å². The van der Waals surface area contributed by atoms with E-state index in [4.69, 9.17) is 0 Å². The molecule has 10 heteroatoms. The number of fused-ring (bicyclic) bond motifs is 1. The van der Waals surface area contributed by atoms with Crippen LogP contribution in [-0.2, 0) is 4.79 Å². The molecule has 2 aliphatic rings. The highest BCUT2D eigenvalue weighted by Crippen LogP contribution is 2.21. The standard InChI is InChI=1S/C17H23N5O2S.2ClH/c23-16(13-4-1-5-19-13)20-7-12-3-2-6-21(9-12)17(24)14-10-25-15-8-18-11-22(14)15;;/h8,10-13,19H,1-7,9H2,(H,20,23);2*1H. The smallest absolute Gasteiger partial charge is 0.271 e. The fourth-order valence-corrected chi connectivity index (χ4v) is 4.56. The first-order chi connectivity index (χ1) is 12.2. The maximum Gasteiger partial charge on any atom is 0.271 e. The molecule has 2 atom stereocenters. The van der Waals surface area contributed by atoms with Gasteiger partial charge in [0.2, 0.25) is 5.91 Å². The molecule has 2 aliphatic heterocycles. The number of piperidine rings is 1. The number of nitrogens with zero attached hydrogens (tertiary/aromatic N) is 3. The first kappa shape index (κ1) is 21.9. The second-order valence-electron chi connectivity index (χ2n) is 6.88. The van der Waals surface area contributed by atoms with Gasteiger partial charge in [0.05, 0.1) is 12.2 Å². The van der Waals surface area contributed by atoms with Crippen LogP contribution in [0.2, 0.25) is 0 Å². The molecule has 4 rings (SSSR count). The third-order valence-corrected chi connectivity index (χ3v) is 6.01. The summed E-state index contributed by atoms with van der Waals surface area (Å²) in [7, 11) is 0. The van der Waals surface area contributed by atoms with Gasteiger partial charge in [0.15, 0.2) is 0 Å². The van der Waals surface area contributed by atoms with Gasteiger partial charge < -0.3 is 15.5 Å². The van der Waals surface area contributed by atoms with Crippen LogP contribution in [0.3, 0.4) is 0 Å². The molecule has 2 amide bonds. The van der Waals surface area contributed by atoms with Crippen molar-refractivity contribution in [1.82, 2.24) is 24.9 Å². The van der Waals surface area contributed by atoms with Crippen molar-refractivity contribution in [2.24, 2.45) is 5.92 Å². The molecule has 0 bridgehead atoms. The molecular formula is C17H25Cl2N5O2S. The summed E-state index contributed by atoms with van der Waals surface area (Å²) in [4.78, 5) is 32.0. The van der Waals surface area contributed by atoms with Crippen molar-refractivity contribution in [2.45, 2.75) is 31.7 Å². The van der Waals surface area contributed by atoms with E-state index in [0.29, 0.717) is 24.7 Å². The maximum absolute atomic E-state index is 12.9. The van der Waals surface area contributed by atoms with Gasteiger partial charge in [-0.05, 0) is 38.1 Å². The van der Waals surface area contributed by atoms with Crippen LogP contribution < -0.4 is 10.6 Å². The number of likely N-dealkylation sites (tertiary alicyclic amines) is 1. The molecule has 0 aliphatic carbocycles. The highest BCUT2D eigenvalue weighted by Gasteiger charge is 2.28. The summed E-state index contributed by atoms with van der Waals surface area (Å²) < 4.78 is 1.85. The molecule has 2 aromatic heterocycles. The number of aromatic nitrogens is 2. The van der Waals surface area contributed by atoms with E-state index in [1.165, 1.54) is 11.3 Å². The highest BCUT2D eigenvalue weighted by atomic mass is 35.5. The first-order valence-electron chi connectivity index (χ1n) is 8.92. The Hall–Kier alpha value is -1.35. The van der Waals surface area contributed by atoms with Crippen LogP contribution in [0.25, 0.3) is 4.83 Å². The predicted octanol–water partition coefficient (Wildman–Crippen LogP) is 1.96. The van der Waals surface area contributed by atoms with Gasteiger partial charge in [-0.2, -0.15) is 0 Å². The van der Waals surface area contributed by atoms with Gasteiger partial charge in [-0.25, -0.2) is 4.98 Å². The molecule has 0 saturated carbocycles. The van der Waals surface area contributed by atoms with E-state index in [1.54, 1.807) is 12.5 Å². The minimum atomic E-state index is -0.0401. The fraction of sp³-hybridized carbons (Fsp3) is 0.588. The predicted molar refractivity (Wildman–Crippen MR) is 110 cm³/mol. The van der Waals surface area contributed by atoms with Gasteiger partial charge in [0.25, 0.3) is 5.91 Å². The Morgan fingerprint density at radius 2 is 2.15 bits per heavy atom. The zero-order chi connectivity index (χ0) is 17.2. The van der Waals surface area contributed by atoms with E-state index < -0.39 is 0 Å². The summed E-state index contributed by atoms with van der Waals surface area (Å²) in [5.74, 6) is 0.469. The first-order valence-corrected chi connectivity index (χ1v) is 9.80. The van der Waals surface area contributed by atoms with Gasteiger partial charge >= 0.3 is 0 Å². The summed E-state index contributed by atoms with van der Waals surface area (Å²) in [6.45, 7) is 3.04. The Kier molecular flexibility index (Phi) is 7.91. The van der Waals surface area contributed by atoms with E-state index in [1.807, 2.05) is 14.7 Å². The Morgan fingerprint density at radius 3 is 2.93 bits per heavy atom. The number of halogens is 2. The third-order valence-electron chi connectivity index (χ3n) is 5.12. The van der Waals surface area contributed by atoms with Gasteiger partial charge in [0, 0.05) is 25.0 Å². The second kappa shape index (κ2) is 9.73. The van der Waals surface area contributed by atoms with Crippen LogP contribution in [0.15, 0.2) is 17.9 Å². The Morgan fingerprint density at radius 1 is 1.30 bits per heavy atom. The molecule has 27 heavy (non-hydrogen) atoms. The topological polar surface area (TPSA) is 78.7 Å². The number of nitrogens with one attached hydrogen (secondary N) is 2. The Labute approximate surface area is 174 Å². The summed E-state index contributed by atoms with van der Waals surface area (Å²) >= 11 is 1.53. The van der Waals surface area contributed by atoms with Crippen molar-refractivity contribution in [3.63, 3.8) is 0 Å². The maximum atomic E-state index is 12.9. The average Bonchev–Trinajstić information content (AvgIpc) is 3.36. The minimum absolute atomic E-state index is 0. The number of carbonyl (C=O) groups is 2. The van der Waals surface area contributed by atoms with E-state index in [-0.39, 0.29) is 42.7 Å². The van der Waals surface area contributed by atoms with Gasteiger partial charge in [-0.15, -0.1) is 36.2 Å². The Balaban J connectivity index is 0.00000131. The molecule has 7 nitrogen and oxygen atoms in total. The molecule has 2 unspecified atom stereocenters. The zero-order valence-corrected chi connectivity index (χ0v) is 17.4. The number of amides is 2. The SMILES string of the molecule is Cl.Cl.O=C(NCC1CCCN(C(=O)c2csc3cncn23)C1)C1CCCN1. The minimum Gasteiger partial charge on any atom is -0.354 e. The number of rotatable bonds is 4. The van der Waals surface area contributed by atoms with Crippen molar-refractivity contribution in [2.75, 3.05) is 26.2 Å². The molecule has 2 N–H and O–H groups in total. The fourth-order valence-electron chi connectivity index (χ4n) is 3.73. The summed E-state index contributed by atoms with van der Waals surface area (Å²) in [5.41, 5.74) is 0.678. The average molecular weight is 434 g/mol. The van der Waals surface area contributed by atoms with E-state index in [2.05, 4.69) is 15.6 Å². The summed E-state index contributed by atoms with van der Waals surface area (Å²) in [5, 5.41) is 8.18. The van der Waals surface area contributed by atoms with Crippen LogP contribution in [0.5, 0.6) is 0 Å². The van der Waals surface area contributed by atoms with E-state index >= 15 is 0 Å². The summed E-state index contributed by atoms with van der Waals surface area (Å²) in [6, 6.07) is -0.0401. The van der Waals surface area contributed by atoms with Crippen LogP contribution in [0.4, 0.5) is 0 Å². The van der Waals surface area contributed by atoms with Gasteiger partial charge in [-0.1, -0.05) is 0 Å². The molecule has 0 spiro atoms. The Bertz CT molecular complexity index is 774. The summed E-state index contributed by atoms with van der Waals surface area (Å²) in [6.07, 6.45) is 7.47. The monoisotopic (exact) mass is 433 g/mol. The van der Waals surface area contributed by atoms with Crippen molar-refractivity contribution < 1.29 is 9.59 Å². The zero-order valence-electron chi connectivity index (χ0n) is 14.9. The molecule has 150 valence electrons. The van der Waals surface area contributed by atoms with Crippen LogP contribution >= 0.6 is 36.2 Å². The lowest BCUT2D eigenvalue weighted by Crippen LogP contribution is -2.46. The van der Waals surface area contributed by atoms with Crippen molar-refractivity contribution in [3.05, 3.63) is 23.6 Å². The third kappa shape index (κ3) is 4.74. The van der Waals surface area contributed by atoms with Gasteiger partial charge in [0.1, 0.15) is 16.9 Å². The molecule has 2 aromatic rings. The number of hydrogen-bond donors (Lipinski definition) is 2. The lowest BCUT2D eigenvalue weighted by Gasteiger charge is -2.33.